The zero-order valence-electron chi connectivity index (χ0n) is 14.1. The number of nitrogens with one attached hydrogen (secondary N) is 1. The average Bonchev–Trinajstić information content (AvgIpc) is 3.02. The summed E-state index contributed by atoms with van der Waals surface area (Å²) in [5.41, 5.74) is 1.99. The summed E-state index contributed by atoms with van der Waals surface area (Å²) in [6.07, 6.45) is 5.08. The highest BCUT2D eigenvalue weighted by atomic mass is 32.2. The predicted molar refractivity (Wildman–Crippen MR) is 98.8 cm³/mol. The minimum Gasteiger partial charge on any atom is -0.378 e. The monoisotopic (exact) mass is 354 g/mol. The molecule has 0 spiro atoms. The van der Waals surface area contributed by atoms with Gasteiger partial charge in [-0.2, -0.15) is 0 Å². The molecule has 2 fully saturated rings. The first-order valence-corrected chi connectivity index (χ1v) is 9.84. The summed E-state index contributed by atoms with van der Waals surface area (Å²) in [5.74, 6) is 1.39. The lowest BCUT2D eigenvalue weighted by atomic mass is 9.76. The summed E-state index contributed by atoms with van der Waals surface area (Å²) in [7, 11) is 0. The van der Waals surface area contributed by atoms with Crippen molar-refractivity contribution in [3.8, 4) is 0 Å². The molecule has 4 nitrogen and oxygen atoms in total. The quantitative estimate of drug-likeness (QED) is 0.809. The molecule has 1 aromatic carbocycles. The Morgan fingerprint density at radius 2 is 2.12 bits per heavy atom. The number of carbonyl (C=O) groups is 1. The molecule has 1 aromatic heterocycles. The van der Waals surface area contributed by atoms with Gasteiger partial charge in [0.25, 0.3) is 5.91 Å². The lowest BCUT2D eigenvalue weighted by Gasteiger charge is -2.39. The van der Waals surface area contributed by atoms with Gasteiger partial charge >= 0.3 is 0 Å². The molecule has 2 heterocycles. The number of thioether (sulfide) groups is 1. The largest absolute Gasteiger partial charge is 0.378 e. The molecule has 25 heavy (non-hydrogen) atoms. The van der Waals surface area contributed by atoms with Crippen LogP contribution in [-0.2, 0) is 11.2 Å². The highest BCUT2D eigenvalue weighted by molar-refractivity contribution is 7.99. The lowest BCUT2D eigenvalue weighted by molar-refractivity contribution is 0.00805. The zero-order valence-corrected chi connectivity index (χ0v) is 14.9. The molecule has 1 saturated heterocycles. The van der Waals surface area contributed by atoms with E-state index in [-0.39, 0.29) is 11.9 Å². The van der Waals surface area contributed by atoms with Gasteiger partial charge in [0.2, 0.25) is 0 Å². The maximum Gasteiger partial charge on any atom is 0.254 e. The minimum atomic E-state index is -0.00865. The Morgan fingerprint density at radius 3 is 2.96 bits per heavy atom. The fourth-order valence-electron chi connectivity index (χ4n) is 3.60. The number of pyridine rings is 1. The van der Waals surface area contributed by atoms with Crippen LogP contribution < -0.4 is 5.32 Å². The molecule has 5 heteroatoms. The Hall–Kier alpha value is -1.85. The molecule has 130 valence electrons. The number of hydrogen-bond donors (Lipinski definition) is 1. The van der Waals surface area contributed by atoms with E-state index in [0.717, 1.165) is 36.6 Å². The van der Waals surface area contributed by atoms with E-state index in [1.807, 2.05) is 18.2 Å². The minimum absolute atomic E-state index is 0.00865. The van der Waals surface area contributed by atoms with Gasteiger partial charge in [0, 0.05) is 30.5 Å². The first kappa shape index (κ1) is 16.6. The van der Waals surface area contributed by atoms with Gasteiger partial charge < -0.3 is 10.1 Å². The number of hydrogen-bond acceptors (Lipinski definition) is 4. The number of carbonyl (C=O) groups excluding carboxylic acids is 1. The molecule has 1 amide bonds. The highest BCUT2D eigenvalue weighted by Gasteiger charge is 2.45. The van der Waals surface area contributed by atoms with Gasteiger partial charge in [0.1, 0.15) is 5.03 Å². The van der Waals surface area contributed by atoms with Crippen LogP contribution in [0.25, 0.3) is 0 Å². The van der Waals surface area contributed by atoms with Crippen molar-refractivity contribution in [2.45, 2.75) is 36.4 Å². The average molecular weight is 354 g/mol. The van der Waals surface area contributed by atoms with E-state index in [0.29, 0.717) is 17.6 Å². The fraction of sp³-hybridized carbons (Fsp3) is 0.400. The van der Waals surface area contributed by atoms with Crippen molar-refractivity contribution in [2.24, 2.45) is 5.92 Å². The number of nitrogens with zero attached hydrogens (tertiary/aromatic N) is 1. The molecule has 1 aliphatic carbocycles. The van der Waals surface area contributed by atoms with Crippen LogP contribution in [0.1, 0.15) is 28.8 Å². The third-order valence-corrected chi connectivity index (χ3v) is 6.08. The molecule has 1 saturated carbocycles. The van der Waals surface area contributed by atoms with E-state index in [1.165, 1.54) is 5.56 Å². The molecule has 0 bridgehead atoms. The topological polar surface area (TPSA) is 51.2 Å². The van der Waals surface area contributed by atoms with Crippen molar-refractivity contribution in [1.29, 1.82) is 0 Å². The van der Waals surface area contributed by atoms with E-state index in [9.17, 15) is 4.79 Å². The van der Waals surface area contributed by atoms with Gasteiger partial charge in [0.15, 0.2) is 0 Å². The highest BCUT2D eigenvalue weighted by Crippen LogP contribution is 2.38. The van der Waals surface area contributed by atoms with E-state index >= 15 is 0 Å². The van der Waals surface area contributed by atoms with Crippen LogP contribution in [0.15, 0.2) is 53.7 Å². The smallest absolute Gasteiger partial charge is 0.254 e. The van der Waals surface area contributed by atoms with Gasteiger partial charge in [0.05, 0.1) is 11.7 Å². The van der Waals surface area contributed by atoms with Crippen LogP contribution in [0.4, 0.5) is 0 Å². The maximum absolute atomic E-state index is 12.7. The van der Waals surface area contributed by atoms with Crippen molar-refractivity contribution in [2.75, 3.05) is 12.4 Å². The van der Waals surface area contributed by atoms with Crippen LogP contribution in [0.3, 0.4) is 0 Å². The van der Waals surface area contributed by atoms with Crippen LogP contribution in [-0.4, -0.2) is 35.4 Å². The molecule has 2 aliphatic rings. The first-order chi connectivity index (χ1) is 12.3. The van der Waals surface area contributed by atoms with E-state index in [4.69, 9.17) is 4.74 Å². The number of aromatic nitrogens is 1. The third-order valence-electron chi connectivity index (χ3n) is 5.07. The first-order valence-electron chi connectivity index (χ1n) is 8.85. The summed E-state index contributed by atoms with van der Waals surface area (Å²) in [5, 5.41) is 3.99. The Morgan fingerprint density at radius 1 is 1.24 bits per heavy atom. The van der Waals surface area contributed by atoms with Crippen LogP contribution in [0.5, 0.6) is 0 Å². The van der Waals surface area contributed by atoms with Gasteiger partial charge in [-0.1, -0.05) is 30.3 Å². The van der Waals surface area contributed by atoms with Crippen LogP contribution in [0.2, 0.25) is 0 Å². The van der Waals surface area contributed by atoms with Gasteiger partial charge in [-0.15, -0.1) is 11.8 Å². The molecule has 2 aromatic rings. The second-order valence-corrected chi connectivity index (χ2v) is 7.70. The van der Waals surface area contributed by atoms with Crippen LogP contribution >= 0.6 is 11.8 Å². The molecular weight excluding hydrogens is 332 g/mol. The summed E-state index contributed by atoms with van der Waals surface area (Å²) in [4.78, 5) is 17.1. The summed E-state index contributed by atoms with van der Waals surface area (Å²) in [6.45, 7) is 0.829. The van der Waals surface area contributed by atoms with E-state index in [2.05, 4.69) is 34.6 Å². The Bertz CT molecular complexity index is 737. The molecule has 1 N–H and O–H groups in total. The molecular formula is C20H22N2O2S. The Labute approximate surface area is 152 Å². The predicted octanol–water partition coefficient (Wildman–Crippen LogP) is 3.32. The second-order valence-electron chi connectivity index (χ2n) is 6.62. The fourth-order valence-corrected chi connectivity index (χ4v) is 4.58. The molecule has 1 aliphatic heterocycles. The van der Waals surface area contributed by atoms with Crippen molar-refractivity contribution < 1.29 is 9.53 Å². The van der Waals surface area contributed by atoms with Crippen molar-refractivity contribution in [3.05, 3.63) is 59.8 Å². The SMILES string of the molecule is O=C(N[C@@H]1C[C@H]2OCC[C@@H]12)c1cccnc1SCCc1ccccc1. The molecule has 4 rings (SSSR count). The molecule has 3 atom stereocenters. The number of fused-ring (bicyclic) bond motifs is 1. The maximum atomic E-state index is 12.7. The molecule has 0 unspecified atom stereocenters. The van der Waals surface area contributed by atoms with Crippen molar-refractivity contribution in [3.63, 3.8) is 0 Å². The Kier molecular flexibility index (Phi) is 5.04. The number of amides is 1. The zero-order chi connectivity index (χ0) is 17.1. The normalized spacial score (nSPS) is 24.4. The number of ether oxygens (including phenoxy) is 1. The third kappa shape index (κ3) is 3.72. The van der Waals surface area contributed by atoms with E-state index < -0.39 is 0 Å². The van der Waals surface area contributed by atoms with Gasteiger partial charge in [-0.3, -0.25) is 4.79 Å². The lowest BCUT2D eigenvalue weighted by Crippen LogP contribution is -2.53. The van der Waals surface area contributed by atoms with Gasteiger partial charge in [-0.05, 0) is 37.0 Å². The van der Waals surface area contributed by atoms with Crippen molar-refractivity contribution >= 4 is 17.7 Å². The summed E-state index contributed by atoms with van der Waals surface area (Å²) < 4.78 is 5.62. The van der Waals surface area contributed by atoms with Crippen LogP contribution in [0, 0.1) is 5.92 Å². The number of rotatable bonds is 6. The Balaban J connectivity index is 1.36. The molecule has 0 radical (unpaired) electrons. The second kappa shape index (κ2) is 7.58. The summed E-state index contributed by atoms with van der Waals surface area (Å²) in [6, 6.07) is 14.3. The van der Waals surface area contributed by atoms with E-state index in [1.54, 1.807) is 18.0 Å². The number of aryl methyl sites for hydroxylation is 1. The standard InChI is InChI=1S/C20H22N2O2S/c23-19(22-17-13-18-15(17)8-11-24-18)16-7-4-10-21-20(16)25-12-9-14-5-2-1-3-6-14/h1-7,10,15,17-18H,8-9,11-13H2,(H,22,23)/t15-,17+,18+/m0/s1. The number of benzene rings is 1. The van der Waals surface area contributed by atoms with Gasteiger partial charge in [-0.25, -0.2) is 4.98 Å². The summed E-state index contributed by atoms with van der Waals surface area (Å²) >= 11 is 1.65. The van der Waals surface area contributed by atoms with Crippen molar-refractivity contribution in [1.82, 2.24) is 10.3 Å².